The Balaban J connectivity index is 1.58. The van der Waals surface area contributed by atoms with Gasteiger partial charge < -0.3 is 4.98 Å². The molecule has 5 aromatic rings. The van der Waals surface area contributed by atoms with Crippen LogP contribution in [-0.2, 0) is 10.0 Å². The van der Waals surface area contributed by atoms with Crippen molar-refractivity contribution in [1.29, 1.82) is 0 Å². The van der Waals surface area contributed by atoms with Crippen LogP contribution in [0.15, 0.2) is 107 Å². The van der Waals surface area contributed by atoms with E-state index in [1.165, 1.54) is 18.2 Å². The number of aromatic nitrogens is 3. The summed E-state index contributed by atoms with van der Waals surface area (Å²) < 4.78 is 27.8. The average molecular weight is 455 g/mol. The fourth-order valence-electron chi connectivity index (χ4n) is 3.64. The lowest BCUT2D eigenvalue weighted by Gasteiger charge is -2.11. The molecule has 2 aromatic carbocycles. The number of hydrogen-bond donors (Lipinski definition) is 2. The zero-order chi connectivity index (χ0) is 22.8. The van der Waals surface area contributed by atoms with Crippen LogP contribution >= 0.6 is 0 Å². The predicted octanol–water partition coefficient (Wildman–Crippen LogP) is 4.45. The predicted molar refractivity (Wildman–Crippen MR) is 128 cm³/mol. The minimum atomic E-state index is -3.90. The van der Waals surface area contributed by atoms with Crippen molar-refractivity contribution in [3.8, 4) is 22.3 Å². The molecule has 2 N–H and O–H groups in total. The second kappa shape index (κ2) is 8.33. The van der Waals surface area contributed by atoms with E-state index in [2.05, 4.69) is 19.7 Å². The molecule has 0 saturated heterocycles. The lowest BCUT2D eigenvalue weighted by molar-refractivity contribution is 0.601. The number of pyridine rings is 3. The van der Waals surface area contributed by atoms with Crippen LogP contribution < -0.4 is 10.3 Å². The SMILES string of the molecule is O=c1[nH]cc(-c2ccc3nccc(-c4ccncc4)c3c2)cc1NS(=O)(=O)c1ccccc1. The Morgan fingerprint density at radius 2 is 1.58 bits per heavy atom. The molecular weight excluding hydrogens is 436 g/mol. The van der Waals surface area contributed by atoms with Gasteiger partial charge in [-0.05, 0) is 65.2 Å². The van der Waals surface area contributed by atoms with Crippen LogP contribution in [0.5, 0.6) is 0 Å². The molecule has 0 aliphatic heterocycles. The van der Waals surface area contributed by atoms with Gasteiger partial charge in [-0.25, -0.2) is 8.42 Å². The second-order valence-corrected chi connectivity index (χ2v) is 9.06. The van der Waals surface area contributed by atoms with Gasteiger partial charge in [0, 0.05) is 35.7 Å². The van der Waals surface area contributed by atoms with E-state index in [1.54, 1.807) is 43.0 Å². The number of anilines is 1. The molecule has 3 heterocycles. The van der Waals surface area contributed by atoms with Gasteiger partial charge in [-0.3, -0.25) is 19.5 Å². The van der Waals surface area contributed by atoms with E-state index in [0.717, 1.165) is 27.6 Å². The van der Waals surface area contributed by atoms with E-state index in [4.69, 9.17) is 0 Å². The van der Waals surface area contributed by atoms with Crippen LogP contribution in [0.2, 0.25) is 0 Å². The van der Waals surface area contributed by atoms with Crippen LogP contribution in [-0.4, -0.2) is 23.4 Å². The average Bonchev–Trinajstić information content (AvgIpc) is 2.85. The number of nitrogens with one attached hydrogen (secondary N) is 2. The lowest BCUT2D eigenvalue weighted by Crippen LogP contribution is -2.20. The first kappa shape index (κ1) is 20.6. The number of aromatic amines is 1. The molecule has 0 spiro atoms. The number of hydrogen-bond acceptors (Lipinski definition) is 5. The molecule has 162 valence electrons. The van der Waals surface area contributed by atoms with Crippen LogP contribution in [0.25, 0.3) is 33.2 Å². The van der Waals surface area contributed by atoms with E-state index >= 15 is 0 Å². The molecule has 0 unspecified atom stereocenters. The van der Waals surface area contributed by atoms with E-state index < -0.39 is 15.6 Å². The van der Waals surface area contributed by atoms with E-state index in [9.17, 15) is 13.2 Å². The largest absolute Gasteiger partial charge is 0.327 e. The Kier molecular flexibility index (Phi) is 5.20. The maximum Gasteiger partial charge on any atom is 0.272 e. The third-order valence-corrected chi connectivity index (χ3v) is 6.65. The summed E-state index contributed by atoms with van der Waals surface area (Å²) in [5.41, 5.74) is 3.71. The van der Waals surface area contributed by atoms with Gasteiger partial charge in [0.1, 0.15) is 5.69 Å². The van der Waals surface area contributed by atoms with E-state index in [0.29, 0.717) is 5.56 Å². The number of H-pyrrole nitrogens is 1. The summed E-state index contributed by atoms with van der Waals surface area (Å²) in [6, 6.07) is 21.0. The smallest absolute Gasteiger partial charge is 0.272 e. The van der Waals surface area contributed by atoms with E-state index in [-0.39, 0.29) is 10.6 Å². The van der Waals surface area contributed by atoms with Gasteiger partial charge in [0.25, 0.3) is 15.6 Å². The highest BCUT2D eigenvalue weighted by molar-refractivity contribution is 7.92. The molecular formula is C25H18N4O3S. The van der Waals surface area contributed by atoms with Gasteiger partial charge in [0.15, 0.2) is 0 Å². The Labute approximate surface area is 189 Å². The Morgan fingerprint density at radius 3 is 2.36 bits per heavy atom. The molecule has 0 fully saturated rings. The second-order valence-electron chi connectivity index (χ2n) is 7.38. The van der Waals surface area contributed by atoms with Crippen molar-refractivity contribution >= 4 is 26.6 Å². The number of rotatable bonds is 5. The monoisotopic (exact) mass is 454 g/mol. The first-order valence-electron chi connectivity index (χ1n) is 10.1. The highest BCUT2D eigenvalue weighted by Gasteiger charge is 2.16. The van der Waals surface area contributed by atoms with Gasteiger partial charge in [0.2, 0.25) is 0 Å². The number of benzene rings is 2. The summed E-state index contributed by atoms with van der Waals surface area (Å²) in [4.78, 5) is 23.6. The number of fused-ring (bicyclic) bond motifs is 1. The van der Waals surface area contributed by atoms with Crippen molar-refractivity contribution in [2.75, 3.05) is 4.72 Å². The highest BCUT2D eigenvalue weighted by atomic mass is 32.2. The fourth-order valence-corrected chi connectivity index (χ4v) is 4.71. The normalized spacial score (nSPS) is 11.4. The molecule has 0 aliphatic rings. The molecule has 0 bridgehead atoms. The summed E-state index contributed by atoms with van der Waals surface area (Å²) in [7, 11) is -3.90. The summed E-state index contributed by atoms with van der Waals surface area (Å²) in [5.74, 6) is 0. The standard InChI is InChI=1S/C25H18N4O3S/c30-25-24(29-33(31,32)20-4-2-1-3-5-20)15-19(16-28-25)18-6-7-23-22(14-18)21(10-13-27-23)17-8-11-26-12-9-17/h1-16,29H,(H,28,30). The van der Waals surface area contributed by atoms with Crippen molar-refractivity contribution in [1.82, 2.24) is 15.0 Å². The maximum atomic E-state index is 12.7. The third kappa shape index (κ3) is 4.11. The Bertz CT molecular complexity index is 1620. The number of nitrogens with zero attached hydrogens (tertiary/aromatic N) is 2. The van der Waals surface area contributed by atoms with Gasteiger partial charge in [0.05, 0.1) is 10.4 Å². The van der Waals surface area contributed by atoms with Gasteiger partial charge in [-0.15, -0.1) is 0 Å². The van der Waals surface area contributed by atoms with Crippen molar-refractivity contribution in [2.45, 2.75) is 4.90 Å². The minimum Gasteiger partial charge on any atom is -0.327 e. The summed E-state index contributed by atoms with van der Waals surface area (Å²) in [6.07, 6.45) is 6.79. The van der Waals surface area contributed by atoms with Crippen LogP contribution in [0.4, 0.5) is 5.69 Å². The van der Waals surface area contributed by atoms with Crippen molar-refractivity contribution in [3.05, 3.63) is 108 Å². The summed E-state index contributed by atoms with van der Waals surface area (Å²) in [5, 5.41) is 0.929. The van der Waals surface area contributed by atoms with Gasteiger partial charge in [-0.1, -0.05) is 24.3 Å². The molecule has 0 saturated carbocycles. The van der Waals surface area contributed by atoms with Gasteiger partial charge >= 0.3 is 0 Å². The highest BCUT2D eigenvalue weighted by Crippen LogP contribution is 2.31. The quantitative estimate of drug-likeness (QED) is 0.408. The molecule has 0 aliphatic carbocycles. The zero-order valence-electron chi connectivity index (χ0n) is 17.3. The van der Waals surface area contributed by atoms with Crippen molar-refractivity contribution in [3.63, 3.8) is 0 Å². The van der Waals surface area contributed by atoms with Crippen molar-refractivity contribution < 1.29 is 8.42 Å². The topological polar surface area (TPSA) is 105 Å². The molecule has 0 radical (unpaired) electrons. The van der Waals surface area contributed by atoms with Crippen LogP contribution in [0, 0.1) is 0 Å². The van der Waals surface area contributed by atoms with Gasteiger partial charge in [-0.2, -0.15) is 0 Å². The molecule has 0 amide bonds. The molecule has 3 aromatic heterocycles. The molecule has 7 nitrogen and oxygen atoms in total. The molecule has 5 rings (SSSR count). The third-order valence-electron chi connectivity index (χ3n) is 5.27. The van der Waals surface area contributed by atoms with Crippen molar-refractivity contribution in [2.24, 2.45) is 0 Å². The minimum absolute atomic E-state index is 0.0583. The first-order valence-corrected chi connectivity index (χ1v) is 11.6. The Morgan fingerprint density at radius 1 is 0.788 bits per heavy atom. The summed E-state index contributed by atoms with van der Waals surface area (Å²) in [6.45, 7) is 0. The summed E-state index contributed by atoms with van der Waals surface area (Å²) >= 11 is 0. The Hall–Kier alpha value is -4.30. The lowest BCUT2D eigenvalue weighted by atomic mass is 9.98. The van der Waals surface area contributed by atoms with Crippen LogP contribution in [0.1, 0.15) is 0 Å². The molecule has 8 heteroatoms. The molecule has 0 atom stereocenters. The van der Waals surface area contributed by atoms with E-state index in [1.807, 2.05) is 36.4 Å². The number of sulfonamides is 1. The maximum absolute atomic E-state index is 12.7. The first-order chi connectivity index (χ1) is 16.0. The fraction of sp³-hybridized carbons (Fsp3) is 0. The molecule has 33 heavy (non-hydrogen) atoms. The van der Waals surface area contributed by atoms with Crippen LogP contribution in [0.3, 0.4) is 0 Å². The zero-order valence-corrected chi connectivity index (χ0v) is 18.1.